The van der Waals surface area contributed by atoms with E-state index in [0.29, 0.717) is 12.4 Å². The molecule has 0 spiro atoms. The molecule has 0 aromatic carbocycles. The summed E-state index contributed by atoms with van der Waals surface area (Å²) in [4.78, 5) is 24.1. The molecule has 2 atom stereocenters. The number of nitrogens with zero attached hydrogens (tertiary/aromatic N) is 2. The topological polar surface area (TPSA) is 73.8 Å². The molecule has 2 N–H and O–H groups in total. The van der Waals surface area contributed by atoms with Gasteiger partial charge in [-0.1, -0.05) is 13.0 Å². The van der Waals surface area contributed by atoms with Crippen molar-refractivity contribution >= 4 is 17.5 Å². The fourth-order valence-electron chi connectivity index (χ4n) is 2.74. The van der Waals surface area contributed by atoms with E-state index in [1.807, 2.05) is 0 Å². The number of carbonyl (C=O) groups excluding carboxylic acids is 2. The van der Waals surface area contributed by atoms with Crippen LogP contribution in [-0.4, -0.2) is 35.1 Å². The number of carbonyl (C=O) groups is 2. The fraction of sp³-hybridized carbons (Fsp3) is 0.583. The normalized spacial score (nSPS) is 31.7. The maximum atomic E-state index is 12.2. The van der Waals surface area contributed by atoms with E-state index in [9.17, 15) is 9.59 Å². The van der Waals surface area contributed by atoms with Crippen molar-refractivity contribution in [1.29, 1.82) is 0 Å². The van der Waals surface area contributed by atoms with Crippen LogP contribution >= 0.6 is 0 Å². The summed E-state index contributed by atoms with van der Waals surface area (Å²) in [6.45, 7) is 4.01. The molecule has 6 nitrogen and oxygen atoms in total. The molecule has 0 aromatic rings. The van der Waals surface area contributed by atoms with E-state index >= 15 is 0 Å². The zero-order chi connectivity index (χ0) is 12.7. The van der Waals surface area contributed by atoms with Crippen LogP contribution in [0.15, 0.2) is 17.5 Å². The Labute approximate surface area is 105 Å². The van der Waals surface area contributed by atoms with Gasteiger partial charge in [0.2, 0.25) is 0 Å². The highest BCUT2D eigenvalue weighted by Gasteiger charge is 2.43. The Bertz CT molecular complexity index is 457. The van der Waals surface area contributed by atoms with Gasteiger partial charge in [0.25, 0.3) is 11.8 Å². The van der Waals surface area contributed by atoms with Crippen LogP contribution in [0, 0.1) is 5.92 Å². The van der Waals surface area contributed by atoms with E-state index in [4.69, 9.17) is 0 Å². The van der Waals surface area contributed by atoms with Crippen LogP contribution in [0.2, 0.25) is 0 Å². The first-order valence-electron chi connectivity index (χ1n) is 6.31. The average molecular weight is 248 g/mol. The third-order valence-corrected chi connectivity index (χ3v) is 3.72. The quantitative estimate of drug-likeness (QED) is 0.682. The molecule has 2 aliphatic heterocycles. The number of nitrogens with one attached hydrogen (secondary N) is 2. The Morgan fingerprint density at radius 3 is 2.89 bits per heavy atom. The first-order chi connectivity index (χ1) is 8.66. The summed E-state index contributed by atoms with van der Waals surface area (Å²) in [6.07, 6.45) is 3.89. The molecule has 2 heterocycles. The first kappa shape index (κ1) is 11.3. The van der Waals surface area contributed by atoms with Gasteiger partial charge in [-0.3, -0.25) is 9.59 Å². The molecule has 0 aromatic heterocycles. The fourth-order valence-corrected chi connectivity index (χ4v) is 2.74. The Kier molecular flexibility index (Phi) is 2.57. The van der Waals surface area contributed by atoms with Gasteiger partial charge in [0.1, 0.15) is 0 Å². The van der Waals surface area contributed by atoms with Gasteiger partial charge in [-0.2, -0.15) is 5.10 Å². The molecule has 18 heavy (non-hydrogen) atoms. The van der Waals surface area contributed by atoms with Gasteiger partial charge in [0, 0.05) is 6.54 Å². The molecule has 6 heteroatoms. The monoisotopic (exact) mass is 248 g/mol. The van der Waals surface area contributed by atoms with Crippen LogP contribution in [-0.2, 0) is 9.59 Å². The van der Waals surface area contributed by atoms with E-state index in [1.165, 1.54) is 5.01 Å². The summed E-state index contributed by atoms with van der Waals surface area (Å²) in [5.41, 5.74) is 0.948. The highest BCUT2D eigenvalue weighted by Crippen LogP contribution is 2.30. The minimum absolute atomic E-state index is 0.0286. The zero-order valence-electron chi connectivity index (χ0n) is 10.1. The molecular formula is C12H16N4O2. The minimum Gasteiger partial charge on any atom is -0.369 e. The third-order valence-electron chi connectivity index (χ3n) is 3.72. The summed E-state index contributed by atoms with van der Waals surface area (Å²) < 4.78 is 0. The highest BCUT2D eigenvalue weighted by atomic mass is 16.2. The van der Waals surface area contributed by atoms with Crippen molar-refractivity contribution in [3.05, 3.63) is 12.4 Å². The molecule has 0 radical (unpaired) electrons. The lowest BCUT2D eigenvalue weighted by atomic mass is 9.87. The summed E-state index contributed by atoms with van der Waals surface area (Å²) in [6, 6.07) is -0.555. The SMILES string of the molecule is C=C1NCC(N2N=C3CCCCC3C2=O)C(=O)N1. The minimum atomic E-state index is -0.555. The lowest BCUT2D eigenvalue weighted by Gasteiger charge is -2.29. The van der Waals surface area contributed by atoms with Gasteiger partial charge in [0.15, 0.2) is 6.04 Å². The van der Waals surface area contributed by atoms with Crippen LogP contribution in [0.25, 0.3) is 0 Å². The van der Waals surface area contributed by atoms with Crippen LogP contribution < -0.4 is 10.6 Å². The maximum absolute atomic E-state index is 12.2. The molecule has 3 aliphatic rings. The molecule has 1 saturated heterocycles. The van der Waals surface area contributed by atoms with Crippen molar-refractivity contribution < 1.29 is 9.59 Å². The summed E-state index contributed by atoms with van der Waals surface area (Å²) >= 11 is 0. The molecule has 1 aliphatic carbocycles. The van der Waals surface area contributed by atoms with Crippen LogP contribution in [0.4, 0.5) is 0 Å². The number of rotatable bonds is 1. The standard InChI is InChI=1S/C12H16N4O2/c1-7-13-6-10(11(17)14-7)16-12(18)8-4-2-3-5-9(8)15-16/h8,10,13H,1-6H2,(H,14,17). The number of hydrazone groups is 1. The predicted molar refractivity (Wildman–Crippen MR) is 65.3 cm³/mol. The van der Waals surface area contributed by atoms with Crippen molar-refractivity contribution in [2.45, 2.75) is 31.7 Å². The molecule has 2 unspecified atom stereocenters. The van der Waals surface area contributed by atoms with Crippen molar-refractivity contribution in [2.24, 2.45) is 11.0 Å². The van der Waals surface area contributed by atoms with E-state index in [0.717, 1.165) is 31.4 Å². The molecule has 0 bridgehead atoms. The molecule has 2 fully saturated rings. The van der Waals surface area contributed by atoms with E-state index < -0.39 is 6.04 Å². The Balaban J connectivity index is 1.81. The second kappa shape index (κ2) is 4.12. The Morgan fingerprint density at radius 2 is 2.17 bits per heavy atom. The van der Waals surface area contributed by atoms with E-state index in [-0.39, 0.29) is 17.7 Å². The lowest BCUT2D eigenvalue weighted by Crippen LogP contribution is -2.57. The molecule has 2 amide bonds. The van der Waals surface area contributed by atoms with Crippen molar-refractivity contribution in [1.82, 2.24) is 15.6 Å². The second-order valence-electron chi connectivity index (χ2n) is 4.94. The first-order valence-corrected chi connectivity index (χ1v) is 6.31. The van der Waals surface area contributed by atoms with Gasteiger partial charge in [0.05, 0.1) is 17.5 Å². The molecular weight excluding hydrogens is 232 g/mol. The van der Waals surface area contributed by atoms with E-state index in [1.54, 1.807) is 0 Å². The summed E-state index contributed by atoms with van der Waals surface area (Å²) in [5.74, 6) is 0.152. The van der Waals surface area contributed by atoms with Crippen molar-refractivity contribution in [2.75, 3.05) is 6.54 Å². The zero-order valence-corrected chi connectivity index (χ0v) is 10.1. The van der Waals surface area contributed by atoms with Crippen LogP contribution in [0.5, 0.6) is 0 Å². The summed E-state index contributed by atoms with van der Waals surface area (Å²) in [5, 5.41) is 11.3. The van der Waals surface area contributed by atoms with Gasteiger partial charge in [-0.15, -0.1) is 0 Å². The van der Waals surface area contributed by atoms with Crippen molar-refractivity contribution in [3.63, 3.8) is 0 Å². The number of amides is 2. The smallest absolute Gasteiger partial charge is 0.252 e. The van der Waals surface area contributed by atoms with Gasteiger partial charge in [-0.25, -0.2) is 5.01 Å². The second-order valence-corrected chi connectivity index (χ2v) is 4.94. The third kappa shape index (κ3) is 1.68. The average Bonchev–Trinajstić information content (AvgIpc) is 2.68. The number of fused-ring (bicyclic) bond motifs is 1. The Morgan fingerprint density at radius 1 is 1.33 bits per heavy atom. The van der Waals surface area contributed by atoms with Gasteiger partial charge >= 0.3 is 0 Å². The molecule has 1 saturated carbocycles. The lowest BCUT2D eigenvalue weighted by molar-refractivity contribution is -0.141. The van der Waals surface area contributed by atoms with Crippen LogP contribution in [0.3, 0.4) is 0 Å². The Hall–Kier alpha value is -1.85. The predicted octanol–water partition coefficient (Wildman–Crippen LogP) is -0.0660. The largest absolute Gasteiger partial charge is 0.369 e. The molecule has 3 rings (SSSR count). The maximum Gasteiger partial charge on any atom is 0.252 e. The van der Waals surface area contributed by atoms with E-state index in [2.05, 4.69) is 22.3 Å². The number of hydrogen-bond acceptors (Lipinski definition) is 4. The van der Waals surface area contributed by atoms with Crippen molar-refractivity contribution in [3.8, 4) is 0 Å². The van der Waals surface area contributed by atoms with Gasteiger partial charge < -0.3 is 10.6 Å². The van der Waals surface area contributed by atoms with Gasteiger partial charge in [-0.05, 0) is 19.3 Å². The molecule has 96 valence electrons. The highest BCUT2D eigenvalue weighted by molar-refractivity contribution is 6.09. The van der Waals surface area contributed by atoms with Crippen LogP contribution in [0.1, 0.15) is 25.7 Å². The number of hydrogen-bond donors (Lipinski definition) is 2. The summed E-state index contributed by atoms with van der Waals surface area (Å²) in [7, 11) is 0.